The maximum Gasteiger partial charge on any atom is 0.244 e. The normalized spacial score (nSPS) is 11.8. The molecule has 0 amide bonds. The molecule has 0 atom stereocenters. The fraction of sp³-hybridized carbons (Fsp3) is 0.231. The van der Waals surface area contributed by atoms with Gasteiger partial charge in [-0.1, -0.05) is 22.9 Å². The number of benzene rings is 1. The molecule has 3 N–H and O–H groups in total. The van der Waals surface area contributed by atoms with E-state index in [0.29, 0.717) is 4.47 Å². The maximum absolute atomic E-state index is 12.4. The van der Waals surface area contributed by atoms with E-state index in [1.165, 1.54) is 4.88 Å². The van der Waals surface area contributed by atoms with Gasteiger partial charge in [0, 0.05) is 25.2 Å². The second-order valence-electron chi connectivity index (χ2n) is 4.35. The summed E-state index contributed by atoms with van der Waals surface area (Å²) in [7, 11) is -3.67. The van der Waals surface area contributed by atoms with E-state index in [4.69, 9.17) is 5.73 Å². The molecule has 0 unspecified atom stereocenters. The molecule has 8 heteroatoms. The maximum atomic E-state index is 12.4. The number of nitrogen functional groups attached to an aromatic ring is 1. The molecule has 0 fully saturated rings. The first-order valence-electron chi connectivity index (χ1n) is 6.15. The Morgan fingerprint density at radius 1 is 1.24 bits per heavy atom. The number of nitrogens with two attached hydrogens (primary N) is 1. The molecule has 2 rings (SSSR count). The van der Waals surface area contributed by atoms with Crippen LogP contribution in [0.2, 0.25) is 0 Å². The highest BCUT2D eigenvalue weighted by molar-refractivity contribution is 9.11. The van der Waals surface area contributed by atoms with Crippen LogP contribution < -0.4 is 10.5 Å². The van der Waals surface area contributed by atoms with Crippen molar-refractivity contribution >= 4 is 58.9 Å². The second-order valence-corrected chi connectivity index (χ2v) is 9.08. The summed E-state index contributed by atoms with van der Waals surface area (Å²) in [6, 6.07) is 7.18. The SMILES string of the molecule is CCc1ccc(CNS(=O)(=O)c2c(N)cc(Br)cc2Br)s1. The molecule has 0 saturated heterocycles. The number of hydrogen-bond acceptors (Lipinski definition) is 4. The van der Waals surface area contributed by atoms with Crippen LogP contribution in [0.5, 0.6) is 0 Å². The van der Waals surface area contributed by atoms with Crippen molar-refractivity contribution in [3.05, 3.63) is 43.0 Å². The van der Waals surface area contributed by atoms with Crippen LogP contribution in [0.4, 0.5) is 5.69 Å². The summed E-state index contributed by atoms with van der Waals surface area (Å²) in [5.41, 5.74) is 6.02. The van der Waals surface area contributed by atoms with Crippen molar-refractivity contribution in [3.8, 4) is 0 Å². The second kappa shape index (κ2) is 6.78. The highest BCUT2D eigenvalue weighted by Crippen LogP contribution is 2.31. The summed E-state index contributed by atoms with van der Waals surface area (Å²) in [5, 5.41) is 0. The highest BCUT2D eigenvalue weighted by Gasteiger charge is 2.21. The molecule has 0 bridgehead atoms. The van der Waals surface area contributed by atoms with E-state index in [1.54, 1.807) is 23.5 Å². The topological polar surface area (TPSA) is 72.2 Å². The number of anilines is 1. The smallest absolute Gasteiger partial charge is 0.244 e. The van der Waals surface area contributed by atoms with Crippen LogP contribution in [0.15, 0.2) is 38.1 Å². The van der Waals surface area contributed by atoms with Gasteiger partial charge in [-0.25, -0.2) is 13.1 Å². The Hall–Kier alpha value is -0.410. The van der Waals surface area contributed by atoms with Crippen molar-refractivity contribution in [1.82, 2.24) is 4.72 Å². The zero-order chi connectivity index (χ0) is 15.6. The van der Waals surface area contributed by atoms with E-state index < -0.39 is 10.0 Å². The Labute approximate surface area is 145 Å². The number of aryl methyl sites for hydroxylation is 1. The molecule has 0 spiro atoms. The van der Waals surface area contributed by atoms with Crippen molar-refractivity contribution in [2.45, 2.75) is 24.8 Å². The van der Waals surface area contributed by atoms with Crippen molar-refractivity contribution in [1.29, 1.82) is 0 Å². The average molecular weight is 454 g/mol. The van der Waals surface area contributed by atoms with Gasteiger partial charge in [0.2, 0.25) is 10.0 Å². The summed E-state index contributed by atoms with van der Waals surface area (Å²) < 4.78 is 28.5. The molecule has 1 aromatic heterocycles. The van der Waals surface area contributed by atoms with E-state index in [-0.39, 0.29) is 17.1 Å². The standard InChI is InChI=1S/C13H14Br2N2O2S2/c1-2-9-3-4-10(20-9)7-17-21(18,19)13-11(15)5-8(14)6-12(13)16/h3-6,17H,2,7,16H2,1H3. The Morgan fingerprint density at radius 2 is 1.90 bits per heavy atom. The van der Waals surface area contributed by atoms with E-state index in [0.717, 1.165) is 15.8 Å². The lowest BCUT2D eigenvalue weighted by Gasteiger charge is -2.11. The molecule has 0 radical (unpaired) electrons. The highest BCUT2D eigenvalue weighted by atomic mass is 79.9. The minimum Gasteiger partial charge on any atom is -0.398 e. The van der Waals surface area contributed by atoms with Crippen molar-refractivity contribution in [2.24, 2.45) is 0 Å². The van der Waals surface area contributed by atoms with Crippen LogP contribution in [-0.2, 0) is 23.0 Å². The molecule has 0 saturated carbocycles. The first-order valence-corrected chi connectivity index (χ1v) is 10.0. The molecule has 21 heavy (non-hydrogen) atoms. The Morgan fingerprint density at radius 3 is 2.48 bits per heavy atom. The quantitative estimate of drug-likeness (QED) is 0.674. The van der Waals surface area contributed by atoms with Crippen LogP contribution in [0.1, 0.15) is 16.7 Å². The lowest BCUT2D eigenvalue weighted by Crippen LogP contribution is -2.24. The van der Waals surface area contributed by atoms with E-state index in [1.807, 2.05) is 12.1 Å². The molecule has 0 aliphatic rings. The molecular formula is C13H14Br2N2O2S2. The summed E-state index contributed by atoms with van der Waals surface area (Å²) in [4.78, 5) is 2.27. The van der Waals surface area contributed by atoms with Crippen LogP contribution in [0, 0.1) is 0 Å². The largest absolute Gasteiger partial charge is 0.398 e. The van der Waals surface area contributed by atoms with Gasteiger partial charge in [0.15, 0.2) is 0 Å². The van der Waals surface area contributed by atoms with Crippen molar-refractivity contribution in [3.63, 3.8) is 0 Å². The van der Waals surface area contributed by atoms with E-state index in [2.05, 4.69) is 43.5 Å². The fourth-order valence-electron chi connectivity index (χ4n) is 1.81. The van der Waals surface area contributed by atoms with Crippen molar-refractivity contribution in [2.75, 3.05) is 5.73 Å². The minimum atomic E-state index is -3.67. The Kier molecular flexibility index (Phi) is 5.48. The fourth-order valence-corrected chi connectivity index (χ4v) is 5.87. The molecular weight excluding hydrogens is 440 g/mol. The first kappa shape index (κ1) is 17.0. The lowest BCUT2D eigenvalue weighted by atomic mass is 10.3. The lowest BCUT2D eigenvalue weighted by molar-refractivity contribution is 0.581. The van der Waals surface area contributed by atoms with Gasteiger partial charge in [0.25, 0.3) is 0 Å². The number of halogens is 2. The number of rotatable bonds is 5. The molecule has 0 aliphatic carbocycles. The summed E-state index contributed by atoms with van der Waals surface area (Å²) in [6.45, 7) is 2.33. The van der Waals surface area contributed by atoms with Gasteiger partial charge in [-0.3, -0.25) is 0 Å². The van der Waals surface area contributed by atoms with Gasteiger partial charge in [-0.15, -0.1) is 11.3 Å². The molecule has 114 valence electrons. The van der Waals surface area contributed by atoms with Crippen LogP contribution in [0.3, 0.4) is 0 Å². The molecule has 0 aliphatic heterocycles. The van der Waals surface area contributed by atoms with Gasteiger partial charge in [0.1, 0.15) is 4.90 Å². The van der Waals surface area contributed by atoms with Gasteiger partial charge < -0.3 is 5.73 Å². The summed E-state index contributed by atoms with van der Waals surface area (Å²) in [5.74, 6) is 0. The predicted molar refractivity (Wildman–Crippen MR) is 94.0 cm³/mol. The average Bonchev–Trinajstić information content (AvgIpc) is 2.82. The molecule has 1 aromatic carbocycles. The Balaban J connectivity index is 2.23. The first-order chi connectivity index (χ1) is 9.83. The predicted octanol–water partition coefficient (Wildman–Crippen LogP) is 3.90. The zero-order valence-corrected chi connectivity index (χ0v) is 16.0. The Bertz CT molecular complexity index is 734. The summed E-state index contributed by atoms with van der Waals surface area (Å²) in [6.07, 6.45) is 0.947. The number of thiophene rings is 1. The van der Waals surface area contributed by atoms with E-state index >= 15 is 0 Å². The van der Waals surface area contributed by atoms with Crippen LogP contribution >= 0.6 is 43.2 Å². The molecule has 4 nitrogen and oxygen atoms in total. The number of sulfonamides is 1. The number of nitrogens with one attached hydrogen (secondary N) is 1. The third-order valence-electron chi connectivity index (χ3n) is 2.81. The van der Waals surface area contributed by atoms with Gasteiger partial charge in [-0.2, -0.15) is 0 Å². The number of hydrogen-bond donors (Lipinski definition) is 2. The van der Waals surface area contributed by atoms with Crippen LogP contribution in [-0.4, -0.2) is 8.42 Å². The monoisotopic (exact) mass is 452 g/mol. The van der Waals surface area contributed by atoms with Gasteiger partial charge in [-0.05, 0) is 46.6 Å². The van der Waals surface area contributed by atoms with Crippen LogP contribution in [0.25, 0.3) is 0 Å². The minimum absolute atomic E-state index is 0.0676. The van der Waals surface area contributed by atoms with Gasteiger partial charge >= 0.3 is 0 Å². The van der Waals surface area contributed by atoms with Gasteiger partial charge in [0.05, 0.1) is 5.69 Å². The summed E-state index contributed by atoms with van der Waals surface area (Å²) >= 11 is 8.13. The zero-order valence-electron chi connectivity index (χ0n) is 11.2. The van der Waals surface area contributed by atoms with Crippen molar-refractivity contribution < 1.29 is 8.42 Å². The van der Waals surface area contributed by atoms with E-state index in [9.17, 15) is 8.42 Å². The molecule has 1 heterocycles. The molecule has 2 aromatic rings. The third-order valence-corrected chi connectivity index (χ3v) is 6.90. The third kappa shape index (κ3) is 4.07.